The molecule has 1 heterocycles. The molecule has 1 amide bonds. The first-order valence-corrected chi connectivity index (χ1v) is 8.72. The molecule has 0 aliphatic rings. The van der Waals surface area contributed by atoms with E-state index in [1.54, 1.807) is 12.1 Å². The minimum absolute atomic E-state index is 0.0343. The number of hydrogen-bond donors (Lipinski definition) is 1. The molecule has 0 aliphatic heterocycles. The van der Waals surface area contributed by atoms with Crippen LogP contribution in [0.3, 0.4) is 0 Å². The first-order valence-electron chi connectivity index (χ1n) is 8.72. The van der Waals surface area contributed by atoms with Gasteiger partial charge in [0.2, 0.25) is 6.54 Å². The summed E-state index contributed by atoms with van der Waals surface area (Å²) in [7, 11) is 0. The second-order valence-corrected chi connectivity index (χ2v) is 6.27. The van der Waals surface area contributed by atoms with Crippen molar-refractivity contribution in [1.29, 1.82) is 0 Å². The van der Waals surface area contributed by atoms with Gasteiger partial charge in [0.15, 0.2) is 12.4 Å². The van der Waals surface area contributed by atoms with E-state index < -0.39 is 0 Å². The van der Waals surface area contributed by atoms with Crippen LogP contribution in [-0.2, 0) is 24.2 Å². The maximum Gasteiger partial charge on any atom is 0.285 e. The first-order chi connectivity index (χ1) is 12.7. The third-order valence-corrected chi connectivity index (χ3v) is 4.19. The molecule has 0 radical (unpaired) electrons. The number of halogens is 1. The van der Waals surface area contributed by atoms with Crippen LogP contribution in [0.15, 0.2) is 79.1 Å². The lowest BCUT2D eigenvalue weighted by atomic mass is 10.1. The number of pyridine rings is 1. The monoisotopic (exact) mass is 349 g/mol. The number of benzene rings is 2. The van der Waals surface area contributed by atoms with E-state index in [4.69, 9.17) is 0 Å². The van der Waals surface area contributed by atoms with Crippen molar-refractivity contribution in [1.82, 2.24) is 5.32 Å². The van der Waals surface area contributed by atoms with Crippen LogP contribution in [0.4, 0.5) is 4.39 Å². The standard InChI is InChI=1S/C22H21FN2O/c23-21-8-6-18(7-9-21)10-13-24-22(26)17-25-14-11-20(12-15-25)16-19-4-2-1-3-5-19/h1-9,11-12,14-15H,10,13,16-17H2/p+1. The Morgan fingerprint density at radius 3 is 2.19 bits per heavy atom. The quantitative estimate of drug-likeness (QED) is 0.654. The van der Waals surface area contributed by atoms with Gasteiger partial charge in [0, 0.05) is 18.7 Å². The summed E-state index contributed by atoms with van der Waals surface area (Å²) in [5, 5.41) is 2.90. The fourth-order valence-corrected chi connectivity index (χ4v) is 2.76. The number of carbonyl (C=O) groups excluding carboxylic acids is 1. The second kappa shape index (κ2) is 8.90. The zero-order chi connectivity index (χ0) is 18.2. The molecular formula is C22H22FN2O+. The lowest BCUT2D eigenvalue weighted by Crippen LogP contribution is -2.42. The molecule has 3 nitrogen and oxygen atoms in total. The van der Waals surface area contributed by atoms with E-state index in [0.717, 1.165) is 12.0 Å². The van der Waals surface area contributed by atoms with Crippen molar-refractivity contribution in [2.45, 2.75) is 19.4 Å². The molecule has 4 heteroatoms. The molecule has 0 atom stereocenters. The van der Waals surface area contributed by atoms with Gasteiger partial charge in [-0.25, -0.2) is 4.39 Å². The van der Waals surface area contributed by atoms with Crippen LogP contribution in [-0.4, -0.2) is 12.5 Å². The summed E-state index contributed by atoms with van der Waals surface area (Å²) in [4.78, 5) is 12.0. The number of carbonyl (C=O) groups is 1. The highest BCUT2D eigenvalue weighted by atomic mass is 19.1. The molecule has 0 saturated carbocycles. The highest BCUT2D eigenvalue weighted by molar-refractivity contribution is 5.74. The average molecular weight is 349 g/mol. The summed E-state index contributed by atoms with van der Waals surface area (Å²) >= 11 is 0. The van der Waals surface area contributed by atoms with Crippen LogP contribution in [0, 0.1) is 5.82 Å². The lowest BCUT2D eigenvalue weighted by molar-refractivity contribution is -0.684. The van der Waals surface area contributed by atoms with E-state index in [1.165, 1.54) is 23.3 Å². The molecule has 3 aromatic rings. The number of amides is 1. The number of nitrogens with one attached hydrogen (secondary N) is 1. The van der Waals surface area contributed by atoms with Gasteiger partial charge < -0.3 is 5.32 Å². The molecule has 0 bridgehead atoms. The fourth-order valence-electron chi connectivity index (χ4n) is 2.76. The second-order valence-electron chi connectivity index (χ2n) is 6.27. The van der Waals surface area contributed by atoms with Crippen molar-refractivity contribution in [2.75, 3.05) is 6.54 Å². The highest BCUT2D eigenvalue weighted by Crippen LogP contribution is 2.07. The normalized spacial score (nSPS) is 10.5. The summed E-state index contributed by atoms with van der Waals surface area (Å²) < 4.78 is 14.7. The van der Waals surface area contributed by atoms with Crippen molar-refractivity contribution in [2.24, 2.45) is 0 Å². The summed E-state index contributed by atoms with van der Waals surface area (Å²) in [6.07, 6.45) is 5.42. The van der Waals surface area contributed by atoms with Crippen molar-refractivity contribution < 1.29 is 13.8 Å². The predicted octanol–water partition coefficient (Wildman–Crippen LogP) is 3.06. The number of nitrogens with zero attached hydrogens (tertiary/aromatic N) is 1. The molecule has 1 N–H and O–H groups in total. The molecular weight excluding hydrogens is 327 g/mol. The van der Waals surface area contributed by atoms with Gasteiger partial charge >= 0.3 is 0 Å². The molecule has 26 heavy (non-hydrogen) atoms. The van der Waals surface area contributed by atoms with Crippen molar-refractivity contribution in [3.63, 3.8) is 0 Å². The Hall–Kier alpha value is -3.01. The summed E-state index contributed by atoms with van der Waals surface area (Å²) in [5.74, 6) is -0.280. The van der Waals surface area contributed by atoms with Crippen LogP contribution in [0.25, 0.3) is 0 Å². The zero-order valence-electron chi connectivity index (χ0n) is 14.6. The van der Waals surface area contributed by atoms with Gasteiger partial charge in [-0.05, 0) is 41.7 Å². The molecule has 0 fully saturated rings. The van der Waals surface area contributed by atoms with Crippen LogP contribution in [0.2, 0.25) is 0 Å². The molecule has 0 saturated heterocycles. The van der Waals surface area contributed by atoms with E-state index >= 15 is 0 Å². The topological polar surface area (TPSA) is 33.0 Å². The van der Waals surface area contributed by atoms with E-state index in [0.29, 0.717) is 13.0 Å². The highest BCUT2D eigenvalue weighted by Gasteiger charge is 2.09. The number of aromatic nitrogens is 1. The maximum absolute atomic E-state index is 12.9. The van der Waals surface area contributed by atoms with Gasteiger partial charge in [-0.15, -0.1) is 0 Å². The van der Waals surface area contributed by atoms with E-state index in [9.17, 15) is 9.18 Å². The minimum atomic E-state index is -0.245. The lowest BCUT2D eigenvalue weighted by Gasteiger charge is -2.04. The van der Waals surface area contributed by atoms with E-state index in [2.05, 4.69) is 17.4 Å². The van der Waals surface area contributed by atoms with Crippen molar-refractivity contribution >= 4 is 5.91 Å². The molecule has 132 valence electrons. The third kappa shape index (κ3) is 5.52. The van der Waals surface area contributed by atoms with Crippen molar-refractivity contribution in [3.8, 4) is 0 Å². The van der Waals surface area contributed by atoms with E-state index in [1.807, 2.05) is 47.3 Å². The first kappa shape index (κ1) is 17.8. The molecule has 1 aromatic heterocycles. The van der Waals surface area contributed by atoms with Gasteiger partial charge in [0.05, 0.1) is 0 Å². The Morgan fingerprint density at radius 2 is 1.50 bits per heavy atom. The van der Waals surface area contributed by atoms with Gasteiger partial charge in [0.25, 0.3) is 5.91 Å². The molecule has 2 aromatic carbocycles. The van der Waals surface area contributed by atoms with Crippen LogP contribution >= 0.6 is 0 Å². The molecule has 0 unspecified atom stereocenters. The third-order valence-electron chi connectivity index (χ3n) is 4.19. The Kier molecular flexibility index (Phi) is 6.09. The van der Waals surface area contributed by atoms with Crippen LogP contribution < -0.4 is 9.88 Å². The van der Waals surface area contributed by atoms with Gasteiger partial charge in [-0.1, -0.05) is 42.5 Å². The largest absolute Gasteiger partial charge is 0.350 e. The van der Waals surface area contributed by atoms with Crippen molar-refractivity contribution in [3.05, 3.63) is 102 Å². The SMILES string of the molecule is O=C(C[n+]1ccc(Cc2ccccc2)cc1)NCCc1ccc(F)cc1. The molecule has 0 aliphatic carbocycles. The summed E-state index contributed by atoms with van der Waals surface area (Å²) in [6, 6.07) is 20.7. The molecule has 3 rings (SSSR count). The smallest absolute Gasteiger partial charge is 0.285 e. The van der Waals surface area contributed by atoms with Gasteiger partial charge in [-0.2, -0.15) is 4.57 Å². The average Bonchev–Trinajstić information content (AvgIpc) is 2.66. The fraction of sp³-hybridized carbons (Fsp3) is 0.182. The van der Waals surface area contributed by atoms with Gasteiger partial charge in [-0.3, -0.25) is 4.79 Å². The maximum atomic E-state index is 12.9. The zero-order valence-corrected chi connectivity index (χ0v) is 14.6. The number of rotatable bonds is 7. The molecule has 0 spiro atoms. The van der Waals surface area contributed by atoms with Crippen LogP contribution in [0.1, 0.15) is 16.7 Å². The van der Waals surface area contributed by atoms with Crippen LogP contribution in [0.5, 0.6) is 0 Å². The summed E-state index contributed by atoms with van der Waals surface area (Å²) in [6.45, 7) is 0.826. The van der Waals surface area contributed by atoms with Gasteiger partial charge in [0.1, 0.15) is 5.82 Å². The van der Waals surface area contributed by atoms with E-state index in [-0.39, 0.29) is 18.3 Å². The summed E-state index contributed by atoms with van der Waals surface area (Å²) in [5.41, 5.74) is 3.48. The Bertz CT molecular complexity index is 830. The Morgan fingerprint density at radius 1 is 0.846 bits per heavy atom. The Labute approximate surface area is 153 Å². The number of hydrogen-bond acceptors (Lipinski definition) is 1. The minimum Gasteiger partial charge on any atom is -0.350 e. The predicted molar refractivity (Wildman–Crippen MR) is 99.0 cm³/mol. The Balaban J connectivity index is 1.44.